The summed E-state index contributed by atoms with van der Waals surface area (Å²) in [4.78, 5) is 23.7. The van der Waals surface area contributed by atoms with Gasteiger partial charge in [-0.2, -0.15) is 0 Å². The average Bonchev–Trinajstić information content (AvgIpc) is 2.72. The van der Waals surface area contributed by atoms with Crippen molar-refractivity contribution in [3.8, 4) is 0 Å². The van der Waals surface area contributed by atoms with Gasteiger partial charge >= 0.3 is 0 Å². The summed E-state index contributed by atoms with van der Waals surface area (Å²) in [6, 6.07) is -0.0626. The first-order chi connectivity index (χ1) is 7.41. The van der Waals surface area contributed by atoms with Crippen LogP contribution in [0.15, 0.2) is 12.2 Å². The van der Waals surface area contributed by atoms with Crippen molar-refractivity contribution < 1.29 is 14.3 Å². The standard InChI is InChI=1S/C12H15NO3/c1-6(14)8-9-10(15)13-7(2)12(9)5-4-11(8,3)16-12/h4-5,7-9H,1-3H3,(H,13,15)/t7-,8-,9-,11+,12-/m0/s1. The monoisotopic (exact) mass is 221 g/mol. The highest BCUT2D eigenvalue weighted by molar-refractivity contribution is 5.93. The molecule has 4 heteroatoms. The maximum Gasteiger partial charge on any atom is 0.227 e. The van der Waals surface area contributed by atoms with E-state index in [2.05, 4.69) is 5.32 Å². The molecule has 0 aromatic carbocycles. The molecule has 1 N–H and O–H groups in total. The molecule has 3 heterocycles. The number of carbonyl (C=O) groups is 2. The Morgan fingerprint density at radius 1 is 1.50 bits per heavy atom. The molecule has 1 spiro atoms. The molecule has 16 heavy (non-hydrogen) atoms. The fraction of sp³-hybridized carbons (Fsp3) is 0.667. The Bertz CT molecular complexity index is 430. The predicted molar refractivity (Wildman–Crippen MR) is 56.6 cm³/mol. The maximum atomic E-state index is 11.9. The van der Waals surface area contributed by atoms with Crippen LogP contribution in [-0.4, -0.2) is 28.9 Å². The first kappa shape index (κ1) is 10.0. The van der Waals surface area contributed by atoms with Gasteiger partial charge < -0.3 is 10.1 Å². The molecular weight excluding hydrogens is 206 g/mol. The predicted octanol–water partition coefficient (Wildman–Crippen LogP) is 0.424. The summed E-state index contributed by atoms with van der Waals surface area (Å²) in [6.45, 7) is 5.36. The van der Waals surface area contributed by atoms with E-state index in [9.17, 15) is 9.59 Å². The smallest absolute Gasteiger partial charge is 0.227 e. The third-order valence-electron chi connectivity index (χ3n) is 4.26. The summed E-state index contributed by atoms with van der Waals surface area (Å²) >= 11 is 0. The number of hydrogen-bond acceptors (Lipinski definition) is 3. The van der Waals surface area contributed by atoms with Crippen LogP contribution in [0.4, 0.5) is 0 Å². The molecule has 86 valence electrons. The lowest BCUT2D eigenvalue weighted by molar-refractivity contribution is -0.131. The van der Waals surface area contributed by atoms with Crippen LogP contribution in [0.25, 0.3) is 0 Å². The topological polar surface area (TPSA) is 55.4 Å². The molecule has 2 fully saturated rings. The lowest BCUT2D eigenvalue weighted by atomic mass is 9.69. The normalized spacial score (nSPS) is 52.9. The SMILES string of the molecule is CC(=O)[C@H]1[C@H]2C(=O)N[C@@H](C)[C@@]23C=C[C@@]1(C)O3. The van der Waals surface area contributed by atoms with Crippen molar-refractivity contribution in [2.75, 3.05) is 0 Å². The Balaban J connectivity index is 2.16. The van der Waals surface area contributed by atoms with E-state index in [0.717, 1.165) is 0 Å². The van der Waals surface area contributed by atoms with Gasteiger partial charge in [0, 0.05) is 0 Å². The highest BCUT2D eigenvalue weighted by atomic mass is 16.5. The van der Waals surface area contributed by atoms with Crippen LogP contribution in [0.3, 0.4) is 0 Å². The van der Waals surface area contributed by atoms with Gasteiger partial charge in [0.05, 0.1) is 23.5 Å². The number of fused-ring (bicyclic) bond motifs is 1. The molecule has 0 radical (unpaired) electrons. The van der Waals surface area contributed by atoms with E-state index in [-0.39, 0.29) is 29.6 Å². The lowest BCUT2D eigenvalue weighted by Gasteiger charge is -2.26. The molecule has 3 aliphatic rings. The molecule has 2 saturated heterocycles. The summed E-state index contributed by atoms with van der Waals surface area (Å²) in [5.74, 6) is -0.721. The molecule has 0 aliphatic carbocycles. The van der Waals surface area contributed by atoms with Gasteiger partial charge in [0.1, 0.15) is 11.4 Å². The zero-order valence-electron chi connectivity index (χ0n) is 9.61. The van der Waals surface area contributed by atoms with Crippen LogP contribution >= 0.6 is 0 Å². The largest absolute Gasteiger partial charge is 0.357 e. The molecule has 3 rings (SSSR count). The summed E-state index contributed by atoms with van der Waals surface area (Å²) in [5, 5.41) is 2.87. The Morgan fingerprint density at radius 2 is 2.19 bits per heavy atom. The number of carbonyl (C=O) groups excluding carboxylic acids is 2. The number of hydrogen-bond donors (Lipinski definition) is 1. The van der Waals surface area contributed by atoms with Gasteiger partial charge in [0.15, 0.2) is 0 Å². The van der Waals surface area contributed by atoms with Crippen LogP contribution in [0.2, 0.25) is 0 Å². The highest BCUT2D eigenvalue weighted by Crippen LogP contribution is 2.57. The minimum atomic E-state index is -0.595. The number of ketones is 1. The van der Waals surface area contributed by atoms with E-state index in [1.165, 1.54) is 6.92 Å². The van der Waals surface area contributed by atoms with E-state index in [1.54, 1.807) is 0 Å². The summed E-state index contributed by atoms with van der Waals surface area (Å²) in [7, 11) is 0. The first-order valence-corrected chi connectivity index (χ1v) is 5.62. The van der Waals surface area contributed by atoms with Gasteiger partial charge in [0.25, 0.3) is 0 Å². The van der Waals surface area contributed by atoms with Crippen molar-refractivity contribution >= 4 is 11.7 Å². The van der Waals surface area contributed by atoms with E-state index >= 15 is 0 Å². The van der Waals surface area contributed by atoms with Crippen molar-refractivity contribution in [3.05, 3.63) is 12.2 Å². The van der Waals surface area contributed by atoms with Crippen LogP contribution in [0.5, 0.6) is 0 Å². The van der Waals surface area contributed by atoms with Crippen LogP contribution in [0, 0.1) is 11.8 Å². The molecule has 0 unspecified atom stereocenters. The van der Waals surface area contributed by atoms with Crippen molar-refractivity contribution in [3.63, 3.8) is 0 Å². The van der Waals surface area contributed by atoms with Gasteiger partial charge in [-0.25, -0.2) is 0 Å². The van der Waals surface area contributed by atoms with Crippen molar-refractivity contribution in [1.82, 2.24) is 5.32 Å². The molecule has 1 amide bonds. The molecule has 2 bridgehead atoms. The molecule has 5 atom stereocenters. The van der Waals surface area contributed by atoms with Crippen LogP contribution in [0.1, 0.15) is 20.8 Å². The second-order valence-corrected chi connectivity index (χ2v) is 5.27. The maximum absolute atomic E-state index is 11.9. The Morgan fingerprint density at radius 3 is 2.81 bits per heavy atom. The number of nitrogens with one attached hydrogen (secondary N) is 1. The van der Waals surface area contributed by atoms with Gasteiger partial charge in [-0.15, -0.1) is 0 Å². The second kappa shape index (κ2) is 2.56. The van der Waals surface area contributed by atoms with Gasteiger partial charge in [-0.1, -0.05) is 12.2 Å². The molecule has 0 aromatic rings. The molecule has 0 aromatic heterocycles. The molecule has 0 saturated carbocycles. The number of amides is 1. The average molecular weight is 221 g/mol. The van der Waals surface area contributed by atoms with E-state index in [0.29, 0.717) is 0 Å². The number of rotatable bonds is 1. The fourth-order valence-electron chi connectivity index (χ4n) is 3.58. The van der Waals surface area contributed by atoms with E-state index < -0.39 is 11.2 Å². The molecule has 3 aliphatic heterocycles. The van der Waals surface area contributed by atoms with Crippen molar-refractivity contribution in [2.45, 2.75) is 38.0 Å². The van der Waals surface area contributed by atoms with E-state index in [4.69, 9.17) is 4.74 Å². The first-order valence-electron chi connectivity index (χ1n) is 5.62. The van der Waals surface area contributed by atoms with Crippen molar-refractivity contribution in [1.29, 1.82) is 0 Å². The third kappa shape index (κ3) is 0.857. The highest BCUT2D eigenvalue weighted by Gasteiger charge is 2.71. The Kier molecular flexibility index (Phi) is 1.61. The zero-order chi connectivity index (χ0) is 11.7. The number of ether oxygens (including phenoxy) is 1. The van der Waals surface area contributed by atoms with Crippen LogP contribution < -0.4 is 5.32 Å². The summed E-state index contributed by atoms with van der Waals surface area (Å²) in [6.07, 6.45) is 3.89. The second-order valence-electron chi connectivity index (χ2n) is 5.27. The van der Waals surface area contributed by atoms with Crippen LogP contribution in [-0.2, 0) is 14.3 Å². The van der Waals surface area contributed by atoms with Gasteiger partial charge in [-0.3, -0.25) is 9.59 Å². The minimum Gasteiger partial charge on any atom is -0.357 e. The van der Waals surface area contributed by atoms with E-state index in [1.807, 2.05) is 26.0 Å². The van der Waals surface area contributed by atoms with Gasteiger partial charge in [-0.05, 0) is 20.8 Å². The van der Waals surface area contributed by atoms with Crippen molar-refractivity contribution in [2.24, 2.45) is 11.8 Å². The van der Waals surface area contributed by atoms with Gasteiger partial charge in [0.2, 0.25) is 5.91 Å². The molecular formula is C12H15NO3. The summed E-state index contributed by atoms with van der Waals surface area (Å²) < 4.78 is 6.01. The molecule has 4 nitrogen and oxygen atoms in total. The summed E-state index contributed by atoms with van der Waals surface area (Å²) in [5.41, 5.74) is -1.19. The minimum absolute atomic E-state index is 0.0305. The Labute approximate surface area is 94.0 Å². The fourth-order valence-corrected chi connectivity index (χ4v) is 3.58. The third-order valence-corrected chi connectivity index (χ3v) is 4.26. The quantitative estimate of drug-likeness (QED) is 0.653. The Hall–Kier alpha value is -1.16. The number of Topliss-reactive ketones (excluding diaryl/α,β-unsaturated/α-hetero) is 1. The zero-order valence-corrected chi connectivity index (χ0v) is 9.61. The lowest BCUT2D eigenvalue weighted by Crippen LogP contribution is -2.42.